The van der Waals surface area contributed by atoms with Gasteiger partial charge in [-0.2, -0.15) is 0 Å². The highest BCUT2D eigenvalue weighted by molar-refractivity contribution is 9.10. The molecule has 0 aromatic heterocycles. The fraction of sp³-hybridized carbons (Fsp3) is 0.571. The molecule has 1 aromatic rings. The lowest BCUT2D eigenvalue weighted by molar-refractivity contribution is 0.167. The van der Waals surface area contributed by atoms with Crippen molar-refractivity contribution in [3.8, 4) is 0 Å². The van der Waals surface area contributed by atoms with Crippen molar-refractivity contribution in [1.29, 1.82) is 0 Å². The largest absolute Gasteiger partial charge is 0.329 e. The van der Waals surface area contributed by atoms with E-state index in [2.05, 4.69) is 41.7 Å². The van der Waals surface area contributed by atoms with Gasteiger partial charge in [0.1, 0.15) is 0 Å². The van der Waals surface area contributed by atoms with Crippen molar-refractivity contribution in [3.63, 3.8) is 0 Å². The van der Waals surface area contributed by atoms with Crippen LogP contribution in [0.25, 0.3) is 0 Å². The third kappa shape index (κ3) is 3.70. The maximum absolute atomic E-state index is 6.09. The van der Waals surface area contributed by atoms with Crippen LogP contribution in [0.15, 0.2) is 22.7 Å². The van der Waals surface area contributed by atoms with E-state index in [1.54, 1.807) is 0 Å². The normalized spacial score (nSPS) is 13.3. The number of hydrogen-bond donors (Lipinski definition) is 1. The van der Waals surface area contributed by atoms with Crippen LogP contribution in [-0.4, -0.2) is 24.5 Å². The molecule has 0 amide bonds. The number of hydrogen-bond acceptors (Lipinski definition) is 2. The zero-order valence-electron chi connectivity index (χ0n) is 11.3. The Kier molecular flexibility index (Phi) is 6.64. The smallest absolute Gasteiger partial charge is 0.0482 e. The van der Waals surface area contributed by atoms with E-state index in [0.29, 0.717) is 12.6 Å². The summed E-state index contributed by atoms with van der Waals surface area (Å²) in [7, 11) is 2.14. The number of likely N-dealkylation sites (N-methyl/N-ethyl adjacent to an activating group) is 1. The topological polar surface area (TPSA) is 29.3 Å². The first kappa shape index (κ1) is 16.0. The Labute approximate surface area is 124 Å². The Morgan fingerprint density at radius 3 is 2.44 bits per heavy atom. The van der Waals surface area contributed by atoms with Crippen molar-refractivity contribution in [3.05, 3.63) is 33.3 Å². The molecule has 0 aliphatic carbocycles. The third-order valence-electron chi connectivity index (χ3n) is 3.55. The molecule has 2 nitrogen and oxygen atoms in total. The second-order valence-corrected chi connectivity index (χ2v) is 5.84. The standard InChI is InChI=1S/C14H22BrClN2/c1-4-11(5-2)18(3)14(9-17)12-8-10(16)6-7-13(12)15/h6-8,11,14H,4-5,9,17H2,1-3H3. The highest BCUT2D eigenvalue weighted by atomic mass is 79.9. The highest BCUT2D eigenvalue weighted by Crippen LogP contribution is 2.31. The molecule has 1 rings (SSSR count). The van der Waals surface area contributed by atoms with Gasteiger partial charge in [-0.25, -0.2) is 0 Å². The molecule has 0 saturated carbocycles. The van der Waals surface area contributed by atoms with Crippen LogP contribution in [0.4, 0.5) is 0 Å². The average molecular weight is 334 g/mol. The van der Waals surface area contributed by atoms with Gasteiger partial charge in [0, 0.05) is 28.1 Å². The van der Waals surface area contributed by atoms with Gasteiger partial charge in [-0.1, -0.05) is 41.4 Å². The summed E-state index contributed by atoms with van der Waals surface area (Å²) < 4.78 is 1.07. The molecule has 0 fully saturated rings. The molecule has 0 aliphatic heterocycles. The molecule has 4 heteroatoms. The molecule has 18 heavy (non-hydrogen) atoms. The lowest BCUT2D eigenvalue weighted by Crippen LogP contribution is -2.38. The molecule has 1 atom stereocenters. The predicted molar refractivity (Wildman–Crippen MR) is 83.1 cm³/mol. The van der Waals surface area contributed by atoms with Crippen molar-refractivity contribution in [1.82, 2.24) is 4.90 Å². The lowest BCUT2D eigenvalue weighted by Gasteiger charge is -2.34. The summed E-state index contributed by atoms with van der Waals surface area (Å²) >= 11 is 9.68. The molecule has 0 saturated heterocycles. The molecule has 0 bridgehead atoms. The van der Waals surface area contributed by atoms with Crippen LogP contribution < -0.4 is 5.73 Å². The molecule has 0 aliphatic rings. The van der Waals surface area contributed by atoms with Gasteiger partial charge in [0.2, 0.25) is 0 Å². The maximum atomic E-state index is 6.09. The van der Waals surface area contributed by atoms with Gasteiger partial charge >= 0.3 is 0 Å². The van der Waals surface area contributed by atoms with E-state index in [9.17, 15) is 0 Å². The molecule has 1 unspecified atom stereocenters. The van der Waals surface area contributed by atoms with Gasteiger partial charge in [-0.15, -0.1) is 0 Å². The number of nitrogens with zero attached hydrogens (tertiary/aromatic N) is 1. The van der Waals surface area contributed by atoms with Gasteiger partial charge < -0.3 is 5.73 Å². The lowest BCUT2D eigenvalue weighted by atomic mass is 10.0. The maximum Gasteiger partial charge on any atom is 0.0482 e. The molecule has 0 spiro atoms. The van der Waals surface area contributed by atoms with Crippen molar-refractivity contribution >= 4 is 27.5 Å². The highest BCUT2D eigenvalue weighted by Gasteiger charge is 2.22. The first-order valence-corrected chi connectivity index (χ1v) is 7.59. The number of halogens is 2. The fourth-order valence-electron chi connectivity index (χ4n) is 2.40. The fourth-order valence-corrected chi connectivity index (χ4v) is 3.09. The van der Waals surface area contributed by atoms with Gasteiger partial charge in [0.15, 0.2) is 0 Å². The molecular formula is C14H22BrClN2. The quantitative estimate of drug-likeness (QED) is 0.844. The summed E-state index contributed by atoms with van der Waals surface area (Å²) in [5.41, 5.74) is 7.13. The first-order chi connectivity index (χ1) is 8.54. The Morgan fingerprint density at radius 1 is 1.33 bits per heavy atom. The Bertz CT molecular complexity index is 380. The average Bonchev–Trinajstić information content (AvgIpc) is 2.36. The van der Waals surface area contributed by atoms with Crippen LogP contribution >= 0.6 is 27.5 Å². The summed E-state index contributed by atoms with van der Waals surface area (Å²) in [5.74, 6) is 0. The van der Waals surface area contributed by atoms with Crippen LogP contribution in [-0.2, 0) is 0 Å². The number of rotatable bonds is 6. The minimum absolute atomic E-state index is 0.197. The minimum atomic E-state index is 0.197. The molecule has 0 radical (unpaired) electrons. The van der Waals surface area contributed by atoms with Crippen LogP contribution in [0.5, 0.6) is 0 Å². The summed E-state index contributed by atoms with van der Waals surface area (Å²) in [5, 5.41) is 0.754. The van der Waals surface area contributed by atoms with Gasteiger partial charge in [0.25, 0.3) is 0 Å². The summed E-state index contributed by atoms with van der Waals surface area (Å²) in [6.07, 6.45) is 2.25. The van der Waals surface area contributed by atoms with Gasteiger partial charge in [-0.3, -0.25) is 4.90 Å². The van der Waals surface area contributed by atoms with E-state index in [0.717, 1.165) is 22.3 Å². The number of benzene rings is 1. The second kappa shape index (κ2) is 7.49. The Balaban J connectivity index is 3.05. The van der Waals surface area contributed by atoms with Gasteiger partial charge in [0.05, 0.1) is 0 Å². The van der Waals surface area contributed by atoms with Crippen molar-refractivity contribution in [2.24, 2.45) is 5.73 Å². The van der Waals surface area contributed by atoms with Crippen LogP contribution in [0.1, 0.15) is 38.3 Å². The van der Waals surface area contributed by atoms with Crippen LogP contribution in [0, 0.1) is 0 Å². The van der Waals surface area contributed by atoms with Crippen LogP contribution in [0.2, 0.25) is 5.02 Å². The van der Waals surface area contributed by atoms with Crippen molar-refractivity contribution in [2.45, 2.75) is 38.8 Å². The van der Waals surface area contributed by atoms with Gasteiger partial charge in [-0.05, 0) is 43.7 Å². The SMILES string of the molecule is CCC(CC)N(C)C(CN)c1cc(Cl)ccc1Br. The molecule has 0 heterocycles. The third-order valence-corrected chi connectivity index (χ3v) is 4.51. The second-order valence-electron chi connectivity index (χ2n) is 4.55. The van der Waals surface area contributed by atoms with E-state index in [1.807, 2.05) is 18.2 Å². The summed E-state index contributed by atoms with van der Waals surface area (Å²) in [6, 6.07) is 6.62. The van der Waals surface area contributed by atoms with E-state index in [-0.39, 0.29) is 6.04 Å². The van der Waals surface area contributed by atoms with E-state index < -0.39 is 0 Å². The van der Waals surface area contributed by atoms with Crippen molar-refractivity contribution < 1.29 is 0 Å². The Morgan fingerprint density at radius 2 is 1.94 bits per heavy atom. The minimum Gasteiger partial charge on any atom is -0.329 e. The molecule has 2 N–H and O–H groups in total. The van der Waals surface area contributed by atoms with E-state index in [1.165, 1.54) is 5.56 Å². The molecule has 1 aromatic carbocycles. The zero-order valence-corrected chi connectivity index (χ0v) is 13.6. The van der Waals surface area contributed by atoms with Crippen LogP contribution in [0.3, 0.4) is 0 Å². The Hall–Kier alpha value is -0.0900. The summed E-state index contributed by atoms with van der Waals surface area (Å²) in [4.78, 5) is 2.36. The molecular weight excluding hydrogens is 312 g/mol. The van der Waals surface area contributed by atoms with Crippen molar-refractivity contribution in [2.75, 3.05) is 13.6 Å². The molecule has 102 valence electrons. The first-order valence-electron chi connectivity index (χ1n) is 6.42. The monoisotopic (exact) mass is 332 g/mol. The number of nitrogens with two attached hydrogens (primary N) is 1. The van der Waals surface area contributed by atoms with E-state index >= 15 is 0 Å². The predicted octanol–water partition coefficient (Wildman–Crippen LogP) is 4.22. The summed E-state index contributed by atoms with van der Waals surface area (Å²) in [6.45, 7) is 5.02. The van der Waals surface area contributed by atoms with E-state index in [4.69, 9.17) is 17.3 Å². The zero-order chi connectivity index (χ0) is 13.7.